The smallest absolute Gasteiger partial charge is 0.266 e. The van der Waals surface area contributed by atoms with Crippen molar-refractivity contribution in [1.29, 1.82) is 0 Å². The Labute approximate surface area is 123 Å². The second kappa shape index (κ2) is 7.05. The van der Waals surface area contributed by atoms with Crippen LogP contribution in [0.25, 0.3) is 0 Å². The van der Waals surface area contributed by atoms with Crippen molar-refractivity contribution in [2.24, 2.45) is 7.05 Å². The van der Waals surface area contributed by atoms with Crippen LogP contribution in [-0.4, -0.2) is 37.8 Å². The molecule has 0 saturated carbocycles. The molecule has 1 saturated heterocycles. The molecule has 2 rings (SSSR count). The Bertz CT molecular complexity index is 495. The van der Waals surface area contributed by atoms with E-state index in [2.05, 4.69) is 10.00 Å². The quantitative estimate of drug-likeness (QED) is 0.626. The van der Waals surface area contributed by atoms with Crippen LogP contribution in [0.15, 0.2) is 16.9 Å². The first-order valence-corrected chi connectivity index (χ1v) is 8.01. The largest absolute Gasteiger partial charge is 0.358 e. The van der Waals surface area contributed by atoms with Crippen molar-refractivity contribution in [3.8, 4) is 0 Å². The predicted molar refractivity (Wildman–Crippen MR) is 83.7 cm³/mol. The topological polar surface area (TPSA) is 38.1 Å². The van der Waals surface area contributed by atoms with Crippen LogP contribution < -0.4 is 5.56 Å². The van der Waals surface area contributed by atoms with Crippen LogP contribution in [0.1, 0.15) is 25.0 Å². The van der Waals surface area contributed by atoms with Gasteiger partial charge in [-0.1, -0.05) is 24.0 Å². The van der Waals surface area contributed by atoms with Crippen LogP contribution in [0.2, 0.25) is 0 Å². The lowest BCUT2D eigenvalue weighted by Gasteiger charge is -2.17. The Morgan fingerprint density at radius 3 is 2.84 bits per heavy atom. The summed E-state index contributed by atoms with van der Waals surface area (Å²) in [6.07, 6.45) is 4.46. The van der Waals surface area contributed by atoms with Gasteiger partial charge in [0, 0.05) is 32.0 Å². The maximum absolute atomic E-state index is 11.2. The van der Waals surface area contributed by atoms with Crippen molar-refractivity contribution in [3.63, 3.8) is 0 Å². The number of hydrogen-bond acceptors (Lipinski definition) is 4. The van der Waals surface area contributed by atoms with Crippen LogP contribution in [0, 0.1) is 0 Å². The number of thiocarbonyl (C=S) groups is 1. The zero-order valence-corrected chi connectivity index (χ0v) is 12.8. The van der Waals surface area contributed by atoms with Gasteiger partial charge in [-0.15, -0.1) is 0 Å². The van der Waals surface area contributed by atoms with E-state index >= 15 is 0 Å². The fourth-order valence-electron chi connectivity index (χ4n) is 2.09. The molecule has 0 amide bonds. The van der Waals surface area contributed by atoms with Gasteiger partial charge in [0.15, 0.2) is 0 Å². The monoisotopic (exact) mass is 297 g/mol. The molecule has 2 heterocycles. The molecule has 1 aliphatic rings. The van der Waals surface area contributed by atoms with Gasteiger partial charge in [0.2, 0.25) is 0 Å². The summed E-state index contributed by atoms with van der Waals surface area (Å²) in [4.78, 5) is 13.5. The van der Waals surface area contributed by atoms with E-state index in [9.17, 15) is 4.79 Å². The van der Waals surface area contributed by atoms with E-state index in [4.69, 9.17) is 12.2 Å². The van der Waals surface area contributed by atoms with E-state index < -0.39 is 0 Å². The first kappa shape index (κ1) is 14.5. The van der Waals surface area contributed by atoms with Gasteiger partial charge >= 0.3 is 0 Å². The van der Waals surface area contributed by atoms with Gasteiger partial charge in [0.25, 0.3) is 5.56 Å². The maximum Gasteiger partial charge on any atom is 0.266 e. The van der Waals surface area contributed by atoms with Crippen molar-refractivity contribution >= 4 is 28.3 Å². The van der Waals surface area contributed by atoms with E-state index in [0.717, 1.165) is 41.7 Å². The molecule has 104 valence electrons. The van der Waals surface area contributed by atoms with Gasteiger partial charge in [-0.2, -0.15) is 5.10 Å². The van der Waals surface area contributed by atoms with E-state index in [0.29, 0.717) is 0 Å². The van der Waals surface area contributed by atoms with Crippen LogP contribution in [0.4, 0.5) is 0 Å². The summed E-state index contributed by atoms with van der Waals surface area (Å²) < 4.78 is 2.42. The molecule has 1 aromatic heterocycles. The highest BCUT2D eigenvalue weighted by molar-refractivity contribution is 8.22. The van der Waals surface area contributed by atoms with Crippen LogP contribution in [-0.2, 0) is 13.5 Å². The minimum atomic E-state index is -0.0617. The molecule has 0 N–H and O–H groups in total. The van der Waals surface area contributed by atoms with Crippen molar-refractivity contribution in [3.05, 3.63) is 28.2 Å². The molecule has 0 aromatic carbocycles. The average Bonchev–Trinajstić information content (AvgIpc) is 2.92. The average molecular weight is 297 g/mol. The standard InChI is InChI=1S/C13H19N3OS2/c1-15-12(17)7-6-11(14-15)5-4-10-19-13(18)16-8-2-3-9-16/h6-7H,2-5,8-10H2,1H3. The Hall–Kier alpha value is -0.880. The Balaban J connectivity index is 1.70. The van der Waals surface area contributed by atoms with Crippen molar-refractivity contribution < 1.29 is 0 Å². The number of nitrogens with zero attached hydrogens (tertiary/aromatic N) is 3. The third kappa shape index (κ3) is 4.31. The first-order valence-electron chi connectivity index (χ1n) is 6.62. The highest BCUT2D eigenvalue weighted by Crippen LogP contribution is 2.17. The second-order valence-corrected chi connectivity index (χ2v) is 6.43. The molecule has 6 heteroatoms. The predicted octanol–water partition coefficient (Wildman–Crippen LogP) is 1.83. The summed E-state index contributed by atoms with van der Waals surface area (Å²) in [7, 11) is 1.68. The lowest BCUT2D eigenvalue weighted by molar-refractivity contribution is 0.539. The fourth-order valence-corrected chi connectivity index (χ4v) is 3.35. The van der Waals surface area contributed by atoms with Crippen LogP contribution in [0.3, 0.4) is 0 Å². The first-order chi connectivity index (χ1) is 9.16. The van der Waals surface area contributed by atoms with Gasteiger partial charge in [-0.05, 0) is 31.7 Å². The molecule has 19 heavy (non-hydrogen) atoms. The zero-order valence-electron chi connectivity index (χ0n) is 11.2. The number of aromatic nitrogens is 2. The summed E-state index contributed by atoms with van der Waals surface area (Å²) in [5.74, 6) is 1.01. The second-order valence-electron chi connectivity index (χ2n) is 4.70. The zero-order chi connectivity index (χ0) is 13.7. The van der Waals surface area contributed by atoms with Crippen molar-refractivity contribution in [1.82, 2.24) is 14.7 Å². The van der Waals surface area contributed by atoms with E-state index in [-0.39, 0.29) is 5.56 Å². The normalized spacial score (nSPS) is 14.9. The minimum absolute atomic E-state index is 0.0617. The van der Waals surface area contributed by atoms with Gasteiger partial charge in [-0.25, -0.2) is 4.68 Å². The van der Waals surface area contributed by atoms with Crippen LogP contribution >= 0.6 is 24.0 Å². The molecule has 4 nitrogen and oxygen atoms in total. The number of hydrogen-bond donors (Lipinski definition) is 0. The highest BCUT2D eigenvalue weighted by Gasteiger charge is 2.14. The third-order valence-electron chi connectivity index (χ3n) is 3.18. The summed E-state index contributed by atoms with van der Waals surface area (Å²) in [6, 6.07) is 3.39. The molecule has 0 radical (unpaired) electrons. The lowest BCUT2D eigenvalue weighted by atomic mass is 10.2. The molecule has 0 bridgehead atoms. The Morgan fingerprint density at radius 2 is 2.16 bits per heavy atom. The molecule has 1 aliphatic heterocycles. The molecule has 1 fully saturated rings. The SMILES string of the molecule is Cn1nc(CCCSC(=S)N2CCCC2)ccc1=O. The summed E-state index contributed by atoms with van der Waals surface area (Å²) >= 11 is 7.17. The number of thioether (sulfide) groups is 1. The highest BCUT2D eigenvalue weighted by atomic mass is 32.2. The summed E-state index contributed by atoms with van der Waals surface area (Å²) in [5, 5.41) is 4.22. The van der Waals surface area contributed by atoms with Gasteiger partial charge in [0.05, 0.1) is 5.69 Å². The molecule has 0 atom stereocenters. The minimum Gasteiger partial charge on any atom is -0.358 e. The lowest BCUT2D eigenvalue weighted by Crippen LogP contribution is -2.23. The van der Waals surface area contributed by atoms with Gasteiger partial charge < -0.3 is 4.90 Å². The van der Waals surface area contributed by atoms with Gasteiger partial charge in [0.1, 0.15) is 4.32 Å². The fraction of sp³-hybridized carbons (Fsp3) is 0.615. The molecular weight excluding hydrogens is 278 g/mol. The molecule has 0 unspecified atom stereocenters. The van der Waals surface area contributed by atoms with E-state index in [1.54, 1.807) is 24.9 Å². The molecular formula is C13H19N3OS2. The van der Waals surface area contributed by atoms with Crippen LogP contribution in [0.5, 0.6) is 0 Å². The number of aryl methyl sites for hydroxylation is 2. The summed E-state index contributed by atoms with van der Waals surface area (Å²) in [6.45, 7) is 2.24. The van der Waals surface area contributed by atoms with Gasteiger partial charge in [-0.3, -0.25) is 4.79 Å². The van der Waals surface area contributed by atoms with Crippen molar-refractivity contribution in [2.75, 3.05) is 18.8 Å². The molecule has 0 aliphatic carbocycles. The maximum atomic E-state index is 11.2. The van der Waals surface area contributed by atoms with E-state index in [1.807, 2.05) is 6.07 Å². The number of rotatable bonds is 4. The molecule has 1 aromatic rings. The third-order valence-corrected chi connectivity index (χ3v) is 4.79. The summed E-state index contributed by atoms with van der Waals surface area (Å²) in [5.41, 5.74) is 0.906. The van der Waals surface area contributed by atoms with Crippen molar-refractivity contribution in [2.45, 2.75) is 25.7 Å². The number of likely N-dealkylation sites (tertiary alicyclic amines) is 1. The molecule has 0 spiro atoms. The Kier molecular flexibility index (Phi) is 5.39. The van der Waals surface area contributed by atoms with E-state index in [1.165, 1.54) is 17.5 Å². The Morgan fingerprint density at radius 1 is 1.42 bits per heavy atom.